The maximum absolute atomic E-state index is 14.5. The van der Waals surface area contributed by atoms with E-state index in [9.17, 15) is 41.4 Å². The van der Waals surface area contributed by atoms with E-state index in [0.29, 0.717) is 68.8 Å². The molecule has 0 aliphatic carbocycles. The lowest BCUT2D eigenvalue weighted by atomic mass is 10.0. The molecule has 3 N–H and O–H groups in total. The average molecular weight is 805 g/mol. The van der Waals surface area contributed by atoms with E-state index in [0.717, 1.165) is 23.4 Å². The molecule has 1 unspecified atom stereocenters. The lowest BCUT2D eigenvalue weighted by molar-refractivity contribution is -0.139. The standard InChI is InChI=1S/C40H37F5N8O5/c41-23-11-29(36(55)31(42)12-23)32-16-34-37(49-48-32)46-17-25-13-27(20-52(25)34)58-26-4-2-22(30(15-26)40(43,44)45)18-50-7-9-51(10-8-50)24-3-1-21-19-53(39(57)28(21)14-24)33-5-6-35(54)47-38(33)56/h1-4,11-12,14-16,25,27,33,55H,5-10,13,17-20H2,(H,46,49)(H,47,54,56)/t25-,27-,33?/m1/s1. The van der Waals surface area contributed by atoms with Crippen LogP contribution < -0.4 is 25.2 Å². The molecule has 18 heteroatoms. The number of ether oxygens (including phenoxy) is 1. The van der Waals surface area contributed by atoms with Crippen LogP contribution >= 0.6 is 0 Å². The van der Waals surface area contributed by atoms with E-state index in [1.807, 2.05) is 21.9 Å². The number of fused-ring (bicyclic) bond motifs is 4. The zero-order valence-electron chi connectivity index (χ0n) is 30.9. The first-order valence-corrected chi connectivity index (χ1v) is 19.0. The van der Waals surface area contributed by atoms with Crippen molar-refractivity contribution in [3.8, 4) is 22.8 Å². The number of aromatic nitrogens is 2. The highest BCUT2D eigenvalue weighted by atomic mass is 19.4. The SMILES string of the molecule is O=C1CCC(N2Cc3ccc(N4CCN(Cc5ccc(O[C@@H]6C[C@@H]7CNc8nnc(-c9cc(F)cc(F)c9O)cc8N7C6)cc5C(F)(F)F)CC4)cc3C2=O)C(=O)N1. The van der Waals surface area contributed by atoms with Gasteiger partial charge in [-0.2, -0.15) is 13.2 Å². The maximum atomic E-state index is 14.5. The third kappa shape index (κ3) is 6.98. The highest BCUT2D eigenvalue weighted by molar-refractivity contribution is 6.05. The minimum atomic E-state index is -4.64. The molecule has 4 aromatic rings. The largest absolute Gasteiger partial charge is 0.504 e. The molecule has 3 atom stereocenters. The summed E-state index contributed by atoms with van der Waals surface area (Å²) < 4.78 is 77.8. The van der Waals surface area contributed by atoms with Crippen molar-refractivity contribution in [3.63, 3.8) is 0 Å². The number of anilines is 3. The summed E-state index contributed by atoms with van der Waals surface area (Å²) in [5.41, 5.74) is 1.89. The molecule has 0 radical (unpaired) electrons. The Morgan fingerprint density at radius 3 is 2.50 bits per heavy atom. The van der Waals surface area contributed by atoms with Gasteiger partial charge in [-0.3, -0.25) is 24.6 Å². The lowest BCUT2D eigenvalue weighted by Crippen LogP contribution is -2.52. The molecule has 302 valence electrons. The second-order valence-electron chi connectivity index (χ2n) is 15.2. The van der Waals surface area contributed by atoms with Gasteiger partial charge in [0, 0.05) is 81.5 Å². The van der Waals surface area contributed by atoms with Crippen molar-refractivity contribution in [2.75, 3.05) is 54.4 Å². The molecular weight excluding hydrogens is 767 g/mol. The summed E-state index contributed by atoms with van der Waals surface area (Å²) in [5.74, 6) is -3.39. The highest BCUT2D eigenvalue weighted by Gasteiger charge is 2.41. The summed E-state index contributed by atoms with van der Waals surface area (Å²) in [4.78, 5) is 44.9. The summed E-state index contributed by atoms with van der Waals surface area (Å²) >= 11 is 0. The van der Waals surface area contributed by atoms with E-state index in [-0.39, 0.29) is 66.4 Å². The highest BCUT2D eigenvalue weighted by Crippen LogP contribution is 2.41. The molecule has 5 aliphatic rings. The zero-order chi connectivity index (χ0) is 40.5. The number of carbonyl (C=O) groups excluding carboxylic acids is 3. The third-order valence-corrected chi connectivity index (χ3v) is 11.6. The molecule has 0 saturated carbocycles. The number of phenolic OH excluding ortho intramolecular Hbond substituents is 1. The summed E-state index contributed by atoms with van der Waals surface area (Å²) in [6, 6.07) is 11.9. The molecule has 9 rings (SSSR count). The first-order valence-electron chi connectivity index (χ1n) is 19.0. The number of carbonyl (C=O) groups is 3. The first kappa shape index (κ1) is 37.5. The predicted octanol–water partition coefficient (Wildman–Crippen LogP) is 4.68. The van der Waals surface area contributed by atoms with Crippen LogP contribution in [0.5, 0.6) is 11.5 Å². The number of aromatic hydroxyl groups is 1. The number of piperazine rings is 1. The number of benzene rings is 3. The number of hydrogen-bond acceptors (Lipinski definition) is 11. The number of hydrogen-bond donors (Lipinski definition) is 3. The van der Waals surface area contributed by atoms with Gasteiger partial charge in [-0.05, 0) is 53.9 Å². The predicted molar refractivity (Wildman–Crippen MR) is 199 cm³/mol. The van der Waals surface area contributed by atoms with Gasteiger partial charge in [0.15, 0.2) is 17.4 Å². The Morgan fingerprint density at radius 2 is 1.72 bits per heavy atom. The Balaban J connectivity index is 0.841. The van der Waals surface area contributed by atoms with Crippen LogP contribution in [0.1, 0.15) is 46.3 Å². The number of imide groups is 1. The number of phenols is 1. The van der Waals surface area contributed by atoms with Gasteiger partial charge >= 0.3 is 6.18 Å². The molecule has 58 heavy (non-hydrogen) atoms. The van der Waals surface area contributed by atoms with Gasteiger partial charge in [0.05, 0.1) is 29.5 Å². The molecule has 6 heterocycles. The van der Waals surface area contributed by atoms with Gasteiger partial charge in [-0.15, -0.1) is 10.2 Å². The Kier molecular flexibility index (Phi) is 9.32. The van der Waals surface area contributed by atoms with Gasteiger partial charge in [-0.25, -0.2) is 8.78 Å². The van der Waals surface area contributed by atoms with Crippen LogP contribution in [0.2, 0.25) is 0 Å². The summed E-state index contributed by atoms with van der Waals surface area (Å²) in [6.07, 6.45) is -4.20. The molecule has 0 spiro atoms. The van der Waals surface area contributed by atoms with Crippen LogP contribution in [0.3, 0.4) is 0 Å². The van der Waals surface area contributed by atoms with Gasteiger partial charge < -0.3 is 29.9 Å². The zero-order valence-corrected chi connectivity index (χ0v) is 30.9. The average Bonchev–Trinajstić information content (AvgIpc) is 3.76. The smallest absolute Gasteiger partial charge is 0.416 e. The van der Waals surface area contributed by atoms with Gasteiger partial charge in [0.1, 0.15) is 23.7 Å². The fourth-order valence-electron chi connectivity index (χ4n) is 8.65. The van der Waals surface area contributed by atoms with Crippen LogP contribution in [0.4, 0.5) is 39.1 Å². The molecule has 3 fully saturated rings. The number of nitrogens with zero attached hydrogens (tertiary/aromatic N) is 6. The number of piperidine rings is 1. The molecule has 0 bridgehead atoms. The topological polar surface area (TPSA) is 143 Å². The van der Waals surface area contributed by atoms with Gasteiger partial charge in [-0.1, -0.05) is 12.1 Å². The van der Waals surface area contributed by atoms with Crippen LogP contribution in [0.15, 0.2) is 54.6 Å². The van der Waals surface area contributed by atoms with Gasteiger partial charge in [0.2, 0.25) is 11.8 Å². The van der Waals surface area contributed by atoms with Crippen LogP contribution in [-0.4, -0.2) is 100 Å². The van der Waals surface area contributed by atoms with Crippen molar-refractivity contribution in [1.29, 1.82) is 0 Å². The van der Waals surface area contributed by atoms with E-state index in [2.05, 4.69) is 25.7 Å². The van der Waals surface area contributed by atoms with E-state index in [1.54, 1.807) is 18.2 Å². The monoisotopic (exact) mass is 804 g/mol. The molecule has 3 amide bonds. The van der Waals surface area contributed by atoms with Gasteiger partial charge in [0.25, 0.3) is 5.91 Å². The summed E-state index contributed by atoms with van der Waals surface area (Å²) in [6.45, 7) is 3.14. The number of alkyl halides is 3. The van der Waals surface area contributed by atoms with Crippen LogP contribution in [0, 0.1) is 11.6 Å². The van der Waals surface area contributed by atoms with Crippen molar-refractivity contribution in [3.05, 3.63) is 88.5 Å². The normalized spacial score (nSPS) is 22.1. The Bertz CT molecular complexity index is 2340. The molecule has 3 aromatic carbocycles. The Hall–Kier alpha value is -6.04. The number of rotatable bonds is 7. The minimum absolute atomic E-state index is 0.0492. The van der Waals surface area contributed by atoms with Crippen molar-refractivity contribution in [2.45, 2.75) is 56.7 Å². The van der Waals surface area contributed by atoms with Crippen molar-refractivity contribution in [1.82, 2.24) is 25.3 Å². The maximum Gasteiger partial charge on any atom is 0.416 e. The van der Waals surface area contributed by atoms with Crippen molar-refractivity contribution in [2.24, 2.45) is 0 Å². The number of halogens is 5. The fraction of sp³-hybridized carbons (Fsp3) is 0.375. The quantitative estimate of drug-likeness (QED) is 0.177. The van der Waals surface area contributed by atoms with E-state index in [1.165, 1.54) is 11.0 Å². The first-order chi connectivity index (χ1) is 27.8. The van der Waals surface area contributed by atoms with Crippen LogP contribution in [-0.2, 0) is 28.9 Å². The summed E-state index contributed by atoms with van der Waals surface area (Å²) in [5, 5.41) is 23.9. The second kappa shape index (κ2) is 14.4. The lowest BCUT2D eigenvalue weighted by Gasteiger charge is -2.36. The van der Waals surface area contributed by atoms with E-state index in [4.69, 9.17) is 4.74 Å². The van der Waals surface area contributed by atoms with E-state index >= 15 is 0 Å². The van der Waals surface area contributed by atoms with Crippen molar-refractivity contribution < 1.29 is 46.2 Å². The van der Waals surface area contributed by atoms with E-state index < -0.39 is 47.2 Å². The minimum Gasteiger partial charge on any atom is -0.504 e. The second-order valence-corrected chi connectivity index (χ2v) is 15.2. The summed E-state index contributed by atoms with van der Waals surface area (Å²) in [7, 11) is 0. The molecule has 5 aliphatic heterocycles. The third-order valence-electron chi connectivity index (χ3n) is 11.6. The molecule has 1 aromatic heterocycles. The number of amides is 3. The molecule has 13 nitrogen and oxygen atoms in total. The number of nitrogens with one attached hydrogen (secondary N) is 2. The molecular formula is C40H37F5N8O5. The molecule has 3 saturated heterocycles. The Morgan fingerprint density at radius 1 is 0.914 bits per heavy atom. The Labute approximate surface area is 328 Å². The van der Waals surface area contributed by atoms with Crippen LogP contribution in [0.25, 0.3) is 11.3 Å². The fourth-order valence-corrected chi connectivity index (χ4v) is 8.65. The van der Waals surface area contributed by atoms with Crippen molar-refractivity contribution >= 4 is 34.9 Å².